The summed E-state index contributed by atoms with van der Waals surface area (Å²) in [6, 6.07) is 6.84. The SMILES string of the molecule is O=S(=O)(CCCCCO)Cc1noc(-c2ccc(Cl)cc2)n1. The van der Waals surface area contributed by atoms with E-state index < -0.39 is 9.84 Å². The van der Waals surface area contributed by atoms with E-state index in [2.05, 4.69) is 10.1 Å². The number of sulfone groups is 1. The van der Waals surface area contributed by atoms with E-state index in [0.29, 0.717) is 29.8 Å². The van der Waals surface area contributed by atoms with Crippen LogP contribution in [0.4, 0.5) is 0 Å². The van der Waals surface area contributed by atoms with E-state index in [1.54, 1.807) is 24.3 Å². The van der Waals surface area contributed by atoms with Gasteiger partial charge in [0.05, 0.1) is 5.75 Å². The highest BCUT2D eigenvalue weighted by Gasteiger charge is 2.17. The molecule has 0 spiro atoms. The van der Waals surface area contributed by atoms with Gasteiger partial charge in [0.1, 0.15) is 5.75 Å². The number of hydrogen-bond acceptors (Lipinski definition) is 6. The van der Waals surface area contributed by atoms with Gasteiger partial charge in [-0.15, -0.1) is 0 Å². The third kappa shape index (κ3) is 5.08. The monoisotopic (exact) mass is 344 g/mol. The number of hydrogen-bond donors (Lipinski definition) is 1. The summed E-state index contributed by atoms with van der Waals surface area (Å²) in [6.45, 7) is 0.0787. The van der Waals surface area contributed by atoms with Crippen molar-refractivity contribution >= 4 is 21.4 Å². The van der Waals surface area contributed by atoms with Crippen LogP contribution in [0.15, 0.2) is 28.8 Å². The molecule has 0 unspecified atom stereocenters. The Bertz CT molecular complexity index is 698. The maximum Gasteiger partial charge on any atom is 0.257 e. The third-order valence-electron chi connectivity index (χ3n) is 3.02. The zero-order valence-corrected chi connectivity index (χ0v) is 13.5. The molecule has 0 fully saturated rings. The fraction of sp³-hybridized carbons (Fsp3) is 0.429. The summed E-state index contributed by atoms with van der Waals surface area (Å²) in [5.41, 5.74) is 0.684. The van der Waals surface area contributed by atoms with Crippen LogP contribution in [-0.2, 0) is 15.6 Å². The molecule has 0 aliphatic rings. The van der Waals surface area contributed by atoms with Crippen molar-refractivity contribution in [2.75, 3.05) is 12.4 Å². The summed E-state index contributed by atoms with van der Waals surface area (Å²) in [4.78, 5) is 4.10. The second-order valence-corrected chi connectivity index (χ2v) is 7.52. The van der Waals surface area contributed by atoms with E-state index in [1.807, 2.05) is 0 Å². The number of aliphatic hydroxyl groups is 1. The Morgan fingerprint density at radius 2 is 1.86 bits per heavy atom. The zero-order valence-electron chi connectivity index (χ0n) is 11.9. The van der Waals surface area contributed by atoms with Crippen molar-refractivity contribution in [3.8, 4) is 11.5 Å². The van der Waals surface area contributed by atoms with Crippen LogP contribution in [-0.4, -0.2) is 36.0 Å². The summed E-state index contributed by atoms with van der Waals surface area (Å²) in [5.74, 6) is 0.218. The fourth-order valence-corrected chi connectivity index (χ4v) is 3.33. The topological polar surface area (TPSA) is 93.3 Å². The first-order valence-corrected chi connectivity index (χ1v) is 9.10. The predicted molar refractivity (Wildman–Crippen MR) is 83.2 cm³/mol. The Balaban J connectivity index is 1.98. The lowest BCUT2D eigenvalue weighted by Gasteiger charge is -2.00. The first kappa shape index (κ1) is 16.9. The van der Waals surface area contributed by atoms with Crippen LogP contribution in [0.5, 0.6) is 0 Å². The molecule has 1 heterocycles. The first-order chi connectivity index (χ1) is 10.5. The van der Waals surface area contributed by atoms with E-state index in [1.165, 1.54) is 0 Å². The van der Waals surface area contributed by atoms with E-state index in [9.17, 15) is 8.42 Å². The van der Waals surface area contributed by atoms with Crippen LogP contribution < -0.4 is 0 Å². The van der Waals surface area contributed by atoms with Crippen LogP contribution in [0.3, 0.4) is 0 Å². The molecule has 8 heteroatoms. The fourth-order valence-electron chi connectivity index (χ4n) is 1.90. The molecule has 120 valence electrons. The van der Waals surface area contributed by atoms with Crippen LogP contribution in [0.25, 0.3) is 11.5 Å². The summed E-state index contributed by atoms with van der Waals surface area (Å²) >= 11 is 5.80. The van der Waals surface area contributed by atoms with Crippen molar-refractivity contribution in [3.05, 3.63) is 35.1 Å². The molecule has 0 saturated carbocycles. The van der Waals surface area contributed by atoms with Crippen molar-refractivity contribution in [3.63, 3.8) is 0 Å². The number of benzene rings is 1. The van der Waals surface area contributed by atoms with Gasteiger partial charge in [-0.2, -0.15) is 4.98 Å². The predicted octanol–water partition coefficient (Wildman–Crippen LogP) is 2.47. The maximum absolute atomic E-state index is 12.0. The Morgan fingerprint density at radius 3 is 2.55 bits per heavy atom. The molecule has 22 heavy (non-hydrogen) atoms. The van der Waals surface area contributed by atoms with Gasteiger partial charge >= 0.3 is 0 Å². The highest BCUT2D eigenvalue weighted by atomic mass is 35.5. The van der Waals surface area contributed by atoms with Crippen molar-refractivity contribution in [1.29, 1.82) is 0 Å². The van der Waals surface area contributed by atoms with Gasteiger partial charge < -0.3 is 9.63 Å². The number of unbranched alkanes of at least 4 members (excludes halogenated alkanes) is 2. The second-order valence-electron chi connectivity index (χ2n) is 4.90. The Labute approximate surface area is 134 Å². The molecule has 0 aliphatic carbocycles. The minimum absolute atomic E-state index is 0.0534. The van der Waals surface area contributed by atoms with E-state index in [4.69, 9.17) is 21.2 Å². The van der Waals surface area contributed by atoms with Gasteiger partial charge in [-0.3, -0.25) is 0 Å². The smallest absolute Gasteiger partial charge is 0.257 e. The minimum Gasteiger partial charge on any atom is -0.396 e. The summed E-state index contributed by atoms with van der Waals surface area (Å²) in [6.07, 6.45) is 1.81. The molecular weight excluding hydrogens is 328 g/mol. The van der Waals surface area contributed by atoms with Gasteiger partial charge in [-0.1, -0.05) is 23.2 Å². The van der Waals surface area contributed by atoms with E-state index in [0.717, 1.165) is 0 Å². The second kappa shape index (κ2) is 7.71. The van der Waals surface area contributed by atoms with Crippen molar-refractivity contribution in [1.82, 2.24) is 10.1 Å². The Morgan fingerprint density at radius 1 is 1.14 bits per heavy atom. The maximum atomic E-state index is 12.0. The molecule has 0 radical (unpaired) electrons. The quantitative estimate of drug-likeness (QED) is 0.739. The van der Waals surface area contributed by atoms with Crippen LogP contribution in [0.2, 0.25) is 5.02 Å². The van der Waals surface area contributed by atoms with E-state index >= 15 is 0 Å². The molecule has 1 aromatic carbocycles. The van der Waals surface area contributed by atoms with Gasteiger partial charge in [0, 0.05) is 17.2 Å². The number of nitrogens with zero attached hydrogens (tertiary/aromatic N) is 2. The first-order valence-electron chi connectivity index (χ1n) is 6.90. The van der Waals surface area contributed by atoms with Gasteiger partial charge in [0.2, 0.25) is 0 Å². The number of aliphatic hydroxyl groups excluding tert-OH is 1. The third-order valence-corrected chi connectivity index (χ3v) is 4.88. The van der Waals surface area contributed by atoms with Crippen molar-refractivity contribution in [2.45, 2.75) is 25.0 Å². The highest BCUT2D eigenvalue weighted by molar-refractivity contribution is 7.90. The number of rotatable bonds is 8. The summed E-state index contributed by atoms with van der Waals surface area (Å²) in [7, 11) is -3.28. The molecule has 2 aromatic rings. The van der Waals surface area contributed by atoms with Crippen molar-refractivity contribution in [2.24, 2.45) is 0 Å². The molecule has 0 saturated heterocycles. The normalized spacial score (nSPS) is 11.7. The van der Waals surface area contributed by atoms with Gasteiger partial charge in [0.25, 0.3) is 5.89 Å². The molecule has 6 nitrogen and oxygen atoms in total. The molecular formula is C14H17ClN2O4S. The Hall–Kier alpha value is -1.44. The van der Waals surface area contributed by atoms with Crippen LogP contribution >= 0.6 is 11.6 Å². The molecule has 0 bridgehead atoms. The molecule has 0 atom stereocenters. The van der Waals surface area contributed by atoms with Gasteiger partial charge in [0.15, 0.2) is 15.7 Å². The van der Waals surface area contributed by atoms with Gasteiger partial charge in [-0.05, 0) is 37.1 Å². The molecule has 0 amide bonds. The van der Waals surface area contributed by atoms with E-state index in [-0.39, 0.29) is 29.8 Å². The lowest BCUT2D eigenvalue weighted by Crippen LogP contribution is -2.10. The molecule has 0 aliphatic heterocycles. The van der Waals surface area contributed by atoms with Crippen LogP contribution in [0, 0.1) is 0 Å². The zero-order chi connectivity index (χ0) is 16.0. The number of halogens is 1. The van der Waals surface area contributed by atoms with Crippen LogP contribution in [0.1, 0.15) is 25.1 Å². The van der Waals surface area contributed by atoms with Gasteiger partial charge in [-0.25, -0.2) is 8.42 Å². The molecule has 2 rings (SSSR count). The summed E-state index contributed by atoms with van der Waals surface area (Å²) < 4.78 is 29.0. The molecule has 1 aromatic heterocycles. The minimum atomic E-state index is -3.28. The highest BCUT2D eigenvalue weighted by Crippen LogP contribution is 2.20. The lowest BCUT2D eigenvalue weighted by molar-refractivity contribution is 0.284. The average Bonchev–Trinajstić information content (AvgIpc) is 2.92. The number of aromatic nitrogens is 2. The largest absolute Gasteiger partial charge is 0.396 e. The summed E-state index contributed by atoms with van der Waals surface area (Å²) in [5, 5.41) is 13.0. The van der Waals surface area contributed by atoms with Crippen molar-refractivity contribution < 1.29 is 18.0 Å². The average molecular weight is 345 g/mol. The Kier molecular flexibility index (Phi) is 5.93. The standard InChI is InChI=1S/C14H17ClN2O4S/c15-12-6-4-11(5-7-12)14-16-13(17-21-14)10-22(19,20)9-3-1-2-8-18/h4-7,18H,1-3,8-10H2. The lowest BCUT2D eigenvalue weighted by atomic mass is 10.2. The molecule has 1 N–H and O–H groups in total.